The van der Waals surface area contributed by atoms with Gasteiger partial charge >= 0.3 is 0 Å². The quantitative estimate of drug-likeness (QED) is 0.814. The Morgan fingerprint density at radius 3 is 2.20 bits per heavy atom. The second-order valence-electron chi connectivity index (χ2n) is 2.95. The van der Waals surface area contributed by atoms with Crippen LogP contribution in [0.5, 0.6) is 0 Å². The third-order valence-corrected chi connectivity index (χ3v) is 2.94. The Hall–Kier alpha value is 0.415. The van der Waals surface area contributed by atoms with Crippen LogP contribution in [0, 0.1) is 0 Å². The zero-order valence-electron chi connectivity index (χ0n) is 8.21. The van der Waals surface area contributed by atoms with E-state index in [0.29, 0.717) is 5.39 Å². The van der Waals surface area contributed by atoms with Crippen LogP contribution in [0.3, 0.4) is 0 Å². The summed E-state index contributed by atoms with van der Waals surface area (Å²) >= 11 is 0. The van der Waals surface area contributed by atoms with Gasteiger partial charge in [0.1, 0.15) is 4.90 Å². The van der Waals surface area contributed by atoms with Crippen molar-refractivity contribution in [3.63, 3.8) is 0 Å². The predicted molar refractivity (Wildman–Crippen MR) is 59.5 cm³/mol. The van der Waals surface area contributed by atoms with Crippen LogP contribution in [0.2, 0.25) is 0 Å². The molecule has 0 unspecified atom stereocenters. The van der Waals surface area contributed by atoms with E-state index < -0.39 is 10.1 Å². The molecule has 0 amide bonds. The van der Waals surface area contributed by atoms with Gasteiger partial charge in [0.25, 0.3) is 10.1 Å². The number of fused-ring (bicyclic) bond motifs is 1. The molecule has 0 atom stereocenters. The van der Waals surface area contributed by atoms with Crippen LogP contribution < -0.4 is 0 Å². The van der Waals surface area contributed by atoms with E-state index in [2.05, 4.69) is 0 Å². The monoisotopic (exact) mass is 293 g/mol. The van der Waals surface area contributed by atoms with Gasteiger partial charge in [-0.15, -0.1) is 0 Å². The average molecular weight is 294 g/mol. The number of hydrogen-bond donors (Lipinski definition) is 1. The van der Waals surface area contributed by atoms with Crippen LogP contribution >= 0.6 is 0 Å². The van der Waals surface area contributed by atoms with Crippen molar-refractivity contribution >= 4 is 79.1 Å². The van der Waals surface area contributed by atoms with Crippen LogP contribution in [-0.4, -0.2) is 71.2 Å². The molecule has 0 aliphatic rings. The van der Waals surface area contributed by atoms with E-state index in [9.17, 15) is 8.42 Å². The van der Waals surface area contributed by atoms with Gasteiger partial charge in [0.2, 0.25) is 0 Å². The summed E-state index contributed by atoms with van der Waals surface area (Å²) in [4.78, 5) is -0.0457. The fourth-order valence-electron chi connectivity index (χ4n) is 1.42. The molecule has 0 bridgehead atoms. The van der Waals surface area contributed by atoms with Crippen molar-refractivity contribution in [2.75, 3.05) is 0 Å². The molecule has 2 rings (SSSR count). The van der Waals surface area contributed by atoms with Gasteiger partial charge in [-0.2, -0.15) is 8.42 Å². The van der Waals surface area contributed by atoms with Crippen molar-refractivity contribution in [1.82, 2.24) is 0 Å². The van der Waals surface area contributed by atoms with Gasteiger partial charge in [0.05, 0.1) is 0 Å². The molecule has 3 nitrogen and oxygen atoms in total. The molecule has 0 aliphatic carbocycles. The largest absolute Gasteiger partial charge is 0.295 e. The molecule has 73 valence electrons. The van der Waals surface area contributed by atoms with E-state index in [4.69, 9.17) is 4.55 Å². The van der Waals surface area contributed by atoms with Crippen molar-refractivity contribution in [2.45, 2.75) is 4.90 Å². The van der Waals surface area contributed by atoms with Crippen LogP contribution in [0.4, 0.5) is 0 Å². The van der Waals surface area contributed by atoms with Crippen LogP contribution in [0.25, 0.3) is 10.8 Å². The Morgan fingerprint density at radius 2 is 1.53 bits per heavy atom. The molecule has 5 heteroatoms. The van der Waals surface area contributed by atoms with Gasteiger partial charge in [-0.3, -0.25) is 4.55 Å². The minimum absolute atomic E-state index is 0. The maximum absolute atomic E-state index is 11.0. The standard InChI is InChI=1S/C10H8O3S.Rb/c11-14(12,13)10-7-3-5-8-4-1-2-6-9(8)10;/h1-7H,(H,11,12,13);. The molecule has 0 saturated carbocycles. The summed E-state index contributed by atoms with van der Waals surface area (Å²) in [5, 5.41) is 1.33. The maximum Gasteiger partial charge on any atom is 0.295 e. The fraction of sp³-hybridized carbons (Fsp3) is 0. The second kappa shape index (κ2) is 5.16. The summed E-state index contributed by atoms with van der Waals surface area (Å²) in [6.07, 6.45) is 0. The number of rotatable bonds is 1. The van der Waals surface area contributed by atoms with E-state index in [1.807, 2.05) is 6.07 Å². The smallest absolute Gasteiger partial charge is 0.282 e. The van der Waals surface area contributed by atoms with Crippen molar-refractivity contribution in [1.29, 1.82) is 0 Å². The molecule has 0 aromatic heterocycles. The molecule has 0 aliphatic heterocycles. The van der Waals surface area contributed by atoms with Gasteiger partial charge < -0.3 is 0 Å². The molecule has 0 saturated heterocycles. The SMILES string of the molecule is O=S(=O)(O)c1cccc2ccccc12.[Rb]. The fourth-order valence-corrected chi connectivity index (χ4v) is 2.13. The van der Waals surface area contributed by atoms with E-state index in [1.165, 1.54) is 6.07 Å². The van der Waals surface area contributed by atoms with Gasteiger partial charge in [0.15, 0.2) is 0 Å². The molecule has 2 aromatic carbocycles. The van der Waals surface area contributed by atoms with E-state index in [0.717, 1.165) is 5.39 Å². The van der Waals surface area contributed by atoms with E-state index >= 15 is 0 Å². The first kappa shape index (κ1) is 13.5. The third kappa shape index (κ3) is 2.96. The van der Waals surface area contributed by atoms with Gasteiger partial charge in [-0.1, -0.05) is 36.4 Å². The summed E-state index contributed by atoms with van der Waals surface area (Å²) in [5.74, 6) is 0. The molecule has 0 fully saturated rings. The minimum Gasteiger partial charge on any atom is -0.282 e. The summed E-state index contributed by atoms with van der Waals surface area (Å²) in [6, 6.07) is 11.8. The van der Waals surface area contributed by atoms with Crippen molar-refractivity contribution < 1.29 is 13.0 Å². The Morgan fingerprint density at radius 1 is 0.933 bits per heavy atom. The minimum atomic E-state index is -4.13. The van der Waals surface area contributed by atoms with E-state index in [-0.39, 0.29) is 63.1 Å². The topological polar surface area (TPSA) is 54.4 Å². The predicted octanol–water partition coefficient (Wildman–Crippen LogP) is 1.71. The molecule has 0 spiro atoms. The summed E-state index contributed by atoms with van der Waals surface area (Å²) in [5.41, 5.74) is 0. The normalized spacial score (nSPS) is 11.0. The van der Waals surface area contributed by atoms with Crippen molar-refractivity contribution in [2.24, 2.45) is 0 Å². The van der Waals surface area contributed by atoms with Crippen LogP contribution in [-0.2, 0) is 10.1 Å². The summed E-state index contributed by atoms with van der Waals surface area (Å²) < 4.78 is 31.0. The molecule has 15 heavy (non-hydrogen) atoms. The van der Waals surface area contributed by atoms with Crippen molar-refractivity contribution in [3.8, 4) is 0 Å². The maximum atomic E-state index is 11.0. The Kier molecular flexibility index (Phi) is 4.64. The van der Waals surface area contributed by atoms with Gasteiger partial charge in [-0.05, 0) is 11.5 Å². The molecule has 2 aromatic rings. The van der Waals surface area contributed by atoms with Crippen LogP contribution in [0.15, 0.2) is 47.4 Å². The first-order chi connectivity index (χ1) is 6.59. The second-order valence-corrected chi connectivity index (χ2v) is 4.34. The Labute approximate surface area is 137 Å². The third-order valence-electron chi connectivity index (χ3n) is 2.03. The average Bonchev–Trinajstić information content (AvgIpc) is 2.15. The first-order valence-corrected chi connectivity index (χ1v) is 5.48. The Bertz CT molecular complexity index is 573. The Balaban J connectivity index is 0.00000112. The van der Waals surface area contributed by atoms with Gasteiger partial charge in [-0.25, -0.2) is 0 Å². The number of hydrogen-bond acceptors (Lipinski definition) is 2. The summed E-state index contributed by atoms with van der Waals surface area (Å²) in [6.45, 7) is 0. The summed E-state index contributed by atoms with van der Waals surface area (Å²) in [7, 11) is -4.13. The number of benzene rings is 2. The molecule has 1 N–H and O–H groups in total. The molecular formula is C10H8O3RbS. The van der Waals surface area contributed by atoms with E-state index in [1.54, 1.807) is 30.3 Å². The zero-order chi connectivity index (χ0) is 10.2. The van der Waals surface area contributed by atoms with Crippen LogP contribution in [0.1, 0.15) is 0 Å². The van der Waals surface area contributed by atoms with Gasteiger partial charge in [0, 0.05) is 63.6 Å². The zero-order valence-corrected chi connectivity index (χ0v) is 13.9. The van der Waals surface area contributed by atoms with Crippen molar-refractivity contribution in [3.05, 3.63) is 42.5 Å². The molecular weight excluding hydrogens is 286 g/mol. The molecule has 1 radical (unpaired) electrons. The molecule has 0 heterocycles. The first-order valence-electron chi connectivity index (χ1n) is 4.04.